The summed E-state index contributed by atoms with van der Waals surface area (Å²) >= 11 is 0. The molecule has 10 heteroatoms. The summed E-state index contributed by atoms with van der Waals surface area (Å²) in [5, 5.41) is 1.76. The van der Waals surface area contributed by atoms with Crippen molar-refractivity contribution in [2.24, 2.45) is 0 Å². The van der Waals surface area contributed by atoms with Gasteiger partial charge in [-0.15, -0.1) is 0 Å². The molecule has 0 spiro atoms. The minimum atomic E-state index is -4.72. The zero-order chi connectivity index (χ0) is 20.8. The van der Waals surface area contributed by atoms with E-state index in [-0.39, 0.29) is 0 Å². The maximum absolute atomic E-state index is 12.8. The number of halogens is 3. The highest BCUT2D eigenvalue weighted by atomic mass is 32.2. The van der Waals surface area contributed by atoms with E-state index in [2.05, 4.69) is 16.4 Å². The zero-order valence-corrected chi connectivity index (χ0v) is 16.1. The lowest BCUT2D eigenvalue weighted by Gasteiger charge is -2.16. The number of nitrogens with zero attached hydrogens (tertiary/aromatic N) is 1. The SMILES string of the molecule is O=C(Nc1c2c(cc3c1CCC3)CCC2)NS(=O)(=O)c1cc(C(F)(F)F)ccn1. The Kier molecular flexibility index (Phi) is 4.76. The van der Waals surface area contributed by atoms with E-state index in [0.29, 0.717) is 17.8 Å². The van der Waals surface area contributed by atoms with Gasteiger partial charge in [-0.1, -0.05) is 6.07 Å². The Labute approximate surface area is 165 Å². The molecular formula is C19H18F3N3O3S. The molecule has 0 aliphatic heterocycles. The maximum Gasteiger partial charge on any atom is 0.416 e. The molecule has 29 heavy (non-hydrogen) atoms. The third kappa shape index (κ3) is 3.81. The molecule has 0 fully saturated rings. The number of alkyl halides is 3. The first-order chi connectivity index (χ1) is 13.6. The van der Waals surface area contributed by atoms with Crippen LogP contribution in [0.2, 0.25) is 0 Å². The molecule has 1 aromatic heterocycles. The van der Waals surface area contributed by atoms with Gasteiger partial charge in [-0.3, -0.25) is 0 Å². The molecule has 2 aliphatic rings. The Morgan fingerprint density at radius 1 is 1.00 bits per heavy atom. The number of aryl methyl sites for hydroxylation is 2. The fourth-order valence-electron chi connectivity index (χ4n) is 4.01. The number of carbonyl (C=O) groups excluding carboxylic acids is 1. The van der Waals surface area contributed by atoms with Gasteiger partial charge in [-0.25, -0.2) is 14.5 Å². The summed E-state index contributed by atoms with van der Waals surface area (Å²) in [5.41, 5.74) is 3.81. The van der Waals surface area contributed by atoms with Crippen LogP contribution in [-0.4, -0.2) is 19.4 Å². The number of fused-ring (bicyclic) bond motifs is 2. The lowest BCUT2D eigenvalue weighted by atomic mass is 9.99. The van der Waals surface area contributed by atoms with Gasteiger partial charge in [-0.05, 0) is 72.9 Å². The van der Waals surface area contributed by atoms with Crippen LogP contribution < -0.4 is 10.0 Å². The lowest BCUT2D eigenvalue weighted by molar-refractivity contribution is -0.137. The average molecular weight is 425 g/mol. The topological polar surface area (TPSA) is 88.2 Å². The molecule has 1 heterocycles. The van der Waals surface area contributed by atoms with Gasteiger partial charge < -0.3 is 5.32 Å². The van der Waals surface area contributed by atoms with E-state index in [1.165, 1.54) is 0 Å². The first kappa shape index (κ1) is 19.7. The van der Waals surface area contributed by atoms with E-state index < -0.39 is 32.8 Å². The summed E-state index contributed by atoms with van der Waals surface area (Å²) in [5.74, 6) is 0. The Bertz CT molecular complexity index is 1070. The van der Waals surface area contributed by atoms with Crippen LogP contribution >= 0.6 is 0 Å². The molecule has 154 valence electrons. The fourth-order valence-corrected chi connectivity index (χ4v) is 4.89. The van der Waals surface area contributed by atoms with E-state index >= 15 is 0 Å². The smallest absolute Gasteiger partial charge is 0.307 e. The van der Waals surface area contributed by atoms with Crippen molar-refractivity contribution in [1.82, 2.24) is 9.71 Å². The molecule has 0 bridgehead atoms. The minimum absolute atomic E-state index is 0.396. The molecule has 0 unspecified atom stereocenters. The van der Waals surface area contributed by atoms with Crippen LogP contribution in [-0.2, 0) is 41.9 Å². The number of pyridine rings is 1. The number of hydrogen-bond donors (Lipinski definition) is 2. The van der Waals surface area contributed by atoms with Gasteiger partial charge in [0.1, 0.15) is 0 Å². The summed E-state index contributed by atoms with van der Waals surface area (Å²) in [4.78, 5) is 15.9. The monoisotopic (exact) mass is 425 g/mol. The van der Waals surface area contributed by atoms with Gasteiger partial charge in [0.2, 0.25) is 0 Å². The number of benzene rings is 1. The molecule has 4 rings (SSSR count). The number of anilines is 1. The van der Waals surface area contributed by atoms with Crippen molar-refractivity contribution < 1.29 is 26.4 Å². The zero-order valence-electron chi connectivity index (χ0n) is 15.3. The molecule has 2 aromatic rings. The molecule has 0 atom stereocenters. The standard InChI is InChI=1S/C19H18F3N3O3S/c20-19(21,22)13-7-8-23-16(10-13)29(27,28)25-18(26)24-17-14-5-1-3-11(14)9-12-4-2-6-15(12)17/h7-10H,1-6H2,(H2,24,25,26). The Morgan fingerprint density at radius 3 is 2.21 bits per heavy atom. The second kappa shape index (κ2) is 7.01. The second-order valence-electron chi connectivity index (χ2n) is 7.17. The van der Waals surface area contributed by atoms with Gasteiger partial charge >= 0.3 is 12.2 Å². The van der Waals surface area contributed by atoms with Crippen LogP contribution in [0, 0.1) is 0 Å². The normalized spacial score (nSPS) is 15.7. The highest BCUT2D eigenvalue weighted by Gasteiger charge is 2.33. The Hall–Kier alpha value is -2.62. The first-order valence-corrected chi connectivity index (χ1v) is 10.7. The second-order valence-corrected chi connectivity index (χ2v) is 8.80. The number of amides is 2. The van der Waals surface area contributed by atoms with E-state index in [1.807, 2.05) is 0 Å². The molecule has 0 saturated heterocycles. The average Bonchev–Trinajstić information content (AvgIpc) is 3.29. The molecule has 2 aliphatic carbocycles. The number of nitrogens with one attached hydrogen (secondary N) is 2. The molecular weight excluding hydrogens is 407 g/mol. The van der Waals surface area contributed by atoms with Crippen molar-refractivity contribution in [2.45, 2.75) is 49.7 Å². The number of urea groups is 1. The molecule has 2 amide bonds. The minimum Gasteiger partial charge on any atom is -0.307 e. The largest absolute Gasteiger partial charge is 0.416 e. The highest BCUT2D eigenvalue weighted by Crippen LogP contribution is 2.38. The van der Waals surface area contributed by atoms with Crippen molar-refractivity contribution >= 4 is 21.7 Å². The van der Waals surface area contributed by atoms with Gasteiger partial charge in [-0.2, -0.15) is 21.6 Å². The van der Waals surface area contributed by atoms with Crippen LogP contribution in [0.5, 0.6) is 0 Å². The summed E-state index contributed by atoms with van der Waals surface area (Å²) in [6, 6.07) is 2.21. The van der Waals surface area contributed by atoms with Crippen molar-refractivity contribution in [3.63, 3.8) is 0 Å². The first-order valence-electron chi connectivity index (χ1n) is 9.19. The van der Waals surface area contributed by atoms with Gasteiger partial charge in [0.05, 0.1) is 5.56 Å². The summed E-state index contributed by atoms with van der Waals surface area (Å²) in [7, 11) is -4.56. The Morgan fingerprint density at radius 2 is 1.62 bits per heavy atom. The van der Waals surface area contributed by atoms with Gasteiger partial charge in [0, 0.05) is 11.9 Å². The van der Waals surface area contributed by atoms with Crippen LogP contribution in [0.3, 0.4) is 0 Å². The van der Waals surface area contributed by atoms with Gasteiger partial charge in [0.25, 0.3) is 10.0 Å². The van der Waals surface area contributed by atoms with Crippen molar-refractivity contribution in [3.8, 4) is 0 Å². The van der Waals surface area contributed by atoms with E-state index in [0.717, 1.165) is 67.0 Å². The maximum atomic E-state index is 12.8. The van der Waals surface area contributed by atoms with Crippen LogP contribution in [0.1, 0.15) is 40.7 Å². The predicted molar refractivity (Wildman–Crippen MR) is 99.1 cm³/mol. The third-order valence-corrected chi connectivity index (χ3v) is 6.50. The molecule has 0 radical (unpaired) electrons. The van der Waals surface area contributed by atoms with Crippen LogP contribution in [0.25, 0.3) is 0 Å². The number of rotatable bonds is 3. The molecule has 2 N–H and O–H groups in total. The molecule has 6 nitrogen and oxygen atoms in total. The number of carbonyl (C=O) groups is 1. The van der Waals surface area contributed by atoms with Crippen molar-refractivity contribution in [1.29, 1.82) is 0 Å². The van der Waals surface area contributed by atoms with Crippen LogP contribution in [0.15, 0.2) is 29.4 Å². The number of aromatic nitrogens is 1. The van der Waals surface area contributed by atoms with E-state index in [9.17, 15) is 26.4 Å². The summed E-state index contributed by atoms with van der Waals surface area (Å²) < 4.78 is 65.0. The van der Waals surface area contributed by atoms with Crippen LogP contribution in [0.4, 0.5) is 23.7 Å². The number of hydrogen-bond acceptors (Lipinski definition) is 4. The fraction of sp³-hybridized carbons (Fsp3) is 0.368. The quantitative estimate of drug-likeness (QED) is 0.787. The van der Waals surface area contributed by atoms with Crippen molar-refractivity contribution in [3.05, 3.63) is 52.2 Å². The predicted octanol–water partition coefficient (Wildman–Crippen LogP) is 3.59. The van der Waals surface area contributed by atoms with Gasteiger partial charge in [0.15, 0.2) is 5.03 Å². The number of sulfonamides is 1. The molecule has 0 saturated carbocycles. The van der Waals surface area contributed by atoms with E-state index in [1.54, 1.807) is 4.72 Å². The molecule has 1 aromatic carbocycles. The Balaban J connectivity index is 1.59. The van der Waals surface area contributed by atoms with Crippen molar-refractivity contribution in [2.75, 3.05) is 5.32 Å². The summed E-state index contributed by atoms with van der Waals surface area (Å²) in [6.07, 6.45) is 1.34. The van der Waals surface area contributed by atoms with E-state index in [4.69, 9.17) is 0 Å². The highest BCUT2D eigenvalue weighted by molar-refractivity contribution is 7.90. The third-order valence-electron chi connectivity index (χ3n) is 5.28. The lowest BCUT2D eigenvalue weighted by Crippen LogP contribution is -2.35. The summed E-state index contributed by atoms with van der Waals surface area (Å²) in [6.45, 7) is 0.